The topological polar surface area (TPSA) is 110 Å². The minimum Gasteiger partial charge on any atom is -0.406 e. The van der Waals surface area contributed by atoms with Gasteiger partial charge in [-0.25, -0.2) is 4.79 Å². The van der Waals surface area contributed by atoms with Crippen molar-refractivity contribution in [2.45, 2.75) is 12.9 Å². The van der Waals surface area contributed by atoms with Gasteiger partial charge in [-0.1, -0.05) is 30.3 Å². The van der Waals surface area contributed by atoms with Crippen molar-refractivity contribution >= 4 is 17.4 Å². The average molecular weight is 434 g/mol. The van der Waals surface area contributed by atoms with Gasteiger partial charge in [-0.2, -0.15) is 0 Å². The summed E-state index contributed by atoms with van der Waals surface area (Å²) in [7, 11) is 1.26. The molecule has 0 atom stereocenters. The molecule has 0 unspecified atom stereocenters. The molecule has 11 heteroatoms. The number of aromatic amines is 1. The molecule has 0 aliphatic carbocycles. The lowest BCUT2D eigenvalue weighted by molar-refractivity contribution is -0.274. The number of benzene rings is 2. The summed E-state index contributed by atoms with van der Waals surface area (Å²) < 4.78 is 41.7. The highest BCUT2D eigenvalue weighted by Crippen LogP contribution is 2.24. The second-order valence-corrected chi connectivity index (χ2v) is 6.50. The number of nitrogen functional groups attached to an aromatic ring is 1. The number of alkyl halides is 3. The molecule has 1 aromatic heterocycles. The number of hydrogen-bond acceptors (Lipinski definition) is 5. The molecule has 3 rings (SSSR count). The molecule has 0 aliphatic rings. The molecule has 0 saturated carbocycles. The fourth-order valence-electron chi connectivity index (χ4n) is 2.92. The second-order valence-electron chi connectivity index (χ2n) is 6.50. The molecule has 2 aromatic carbocycles. The van der Waals surface area contributed by atoms with Crippen LogP contribution >= 0.6 is 0 Å². The van der Waals surface area contributed by atoms with Gasteiger partial charge in [0.05, 0.1) is 6.54 Å². The molecular formula is C20H17F3N4O4. The maximum atomic E-state index is 12.8. The molecule has 0 bridgehead atoms. The molecule has 1 amide bonds. The van der Waals surface area contributed by atoms with Crippen molar-refractivity contribution in [2.75, 3.05) is 17.7 Å². The number of rotatable bonds is 5. The van der Waals surface area contributed by atoms with Gasteiger partial charge in [-0.3, -0.25) is 19.1 Å². The maximum Gasteiger partial charge on any atom is 0.573 e. The monoisotopic (exact) mass is 434 g/mol. The lowest BCUT2D eigenvalue weighted by Gasteiger charge is -2.20. The summed E-state index contributed by atoms with van der Waals surface area (Å²) in [6.45, 7) is 0.0563. The number of carbonyl (C=O) groups excluding carboxylic acids is 1. The Balaban J connectivity index is 1.93. The van der Waals surface area contributed by atoms with E-state index in [1.807, 2.05) is 0 Å². The summed E-state index contributed by atoms with van der Waals surface area (Å²) in [6, 6.07) is 13.0. The van der Waals surface area contributed by atoms with E-state index >= 15 is 0 Å². The lowest BCUT2D eigenvalue weighted by Crippen LogP contribution is -2.39. The molecule has 162 valence electrons. The molecule has 0 radical (unpaired) electrons. The number of carbonyl (C=O) groups is 1. The number of nitrogens with two attached hydrogens (primary N) is 1. The Morgan fingerprint density at radius 1 is 1.10 bits per heavy atom. The normalized spacial score (nSPS) is 11.2. The van der Waals surface area contributed by atoms with Crippen molar-refractivity contribution in [3.63, 3.8) is 0 Å². The molecule has 3 N–H and O–H groups in total. The van der Waals surface area contributed by atoms with Gasteiger partial charge in [0.15, 0.2) is 5.69 Å². The number of nitrogens with zero attached hydrogens (tertiary/aromatic N) is 2. The third-order valence-corrected chi connectivity index (χ3v) is 4.37. The minimum absolute atomic E-state index is 0.0170. The van der Waals surface area contributed by atoms with Crippen LogP contribution in [0.1, 0.15) is 15.9 Å². The smallest absolute Gasteiger partial charge is 0.406 e. The van der Waals surface area contributed by atoms with E-state index in [2.05, 4.69) is 9.72 Å². The number of ether oxygens (including phenoxy) is 1. The quantitative estimate of drug-likeness (QED) is 0.641. The van der Waals surface area contributed by atoms with Crippen LogP contribution in [0, 0.1) is 0 Å². The summed E-state index contributed by atoms with van der Waals surface area (Å²) in [4.78, 5) is 40.4. The van der Waals surface area contributed by atoms with Gasteiger partial charge in [-0.05, 0) is 29.8 Å². The van der Waals surface area contributed by atoms with Crippen LogP contribution in [0.5, 0.6) is 5.75 Å². The van der Waals surface area contributed by atoms with Gasteiger partial charge in [0.25, 0.3) is 11.5 Å². The predicted octanol–water partition coefficient (Wildman–Crippen LogP) is 2.34. The zero-order valence-electron chi connectivity index (χ0n) is 16.1. The largest absolute Gasteiger partial charge is 0.573 e. The summed E-state index contributed by atoms with van der Waals surface area (Å²) in [6.07, 6.45) is -4.86. The van der Waals surface area contributed by atoms with Crippen molar-refractivity contribution in [2.24, 2.45) is 0 Å². The molecule has 3 aromatic rings. The van der Waals surface area contributed by atoms with Crippen LogP contribution in [0.4, 0.5) is 24.7 Å². The zero-order chi connectivity index (χ0) is 22.8. The summed E-state index contributed by atoms with van der Waals surface area (Å²) in [5.41, 5.74) is 4.88. The van der Waals surface area contributed by atoms with Crippen LogP contribution in [-0.2, 0) is 6.54 Å². The first-order valence-electron chi connectivity index (χ1n) is 8.87. The van der Waals surface area contributed by atoms with Gasteiger partial charge < -0.3 is 15.4 Å². The van der Waals surface area contributed by atoms with Crippen LogP contribution < -0.4 is 26.6 Å². The van der Waals surface area contributed by atoms with Gasteiger partial charge in [0, 0.05) is 12.6 Å². The number of amides is 1. The van der Waals surface area contributed by atoms with Crippen molar-refractivity contribution < 1.29 is 22.7 Å². The van der Waals surface area contributed by atoms with Crippen LogP contribution in [-0.4, -0.2) is 28.9 Å². The Bertz CT molecular complexity index is 1200. The number of halogens is 3. The molecule has 8 nitrogen and oxygen atoms in total. The van der Waals surface area contributed by atoms with E-state index in [0.29, 0.717) is 0 Å². The van der Waals surface area contributed by atoms with Crippen molar-refractivity contribution in [1.82, 2.24) is 9.55 Å². The molecule has 0 saturated heterocycles. The lowest BCUT2D eigenvalue weighted by atomic mass is 10.2. The van der Waals surface area contributed by atoms with Gasteiger partial charge >= 0.3 is 12.1 Å². The highest BCUT2D eigenvalue weighted by molar-refractivity contribution is 6.06. The SMILES string of the molecule is CN(C(=O)c1ccc(OC(F)(F)F)cc1)c1c(N)n(Cc2ccccc2)c(=O)[nH]c1=O. The highest BCUT2D eigenvalue weighted by Gasteiger charge is 2.31. The first-order chi connectivity index (χ1) is 14.6. The first-order valence-corrected chi connectivity index (χ1v) is 8.87. The Morgan fingerprint density at radius 3 is 2.29 bits per heavy atom. The zero-order valence-corrected chi connectivity index (χ0v) is 16.1. The van der Waals surface area contributed by atoms with E-state index < -0.39 is 29.3 Å². The number of anilines is 2. The maximum absolute atomic E-state index is 12.8. The number of nitrogens with one attached hydrogen (secondary N) is 1. The van der Waals surface area contributed by atoms with Crippen molar-refractivity contribution in [3.05, 3.63) is 86.6 Å². The molecule has 0 fully saturated rings. The molecule has 0 spiro atoms. The first kappa shape index (κ1) is 21.7. The summed E-state index contributed by atoms with van der Waals surface area (Å²) in [5, 5.41) is 0. The molecule has 1 heterocycles. The van der Waals surface area contributed by atoms with E-state index in [9.17, 15) is 27.6 Å². The average Bonchev–Trinajstić information content (AvgIpc) is 2.70. The third kappa shape index (κ3) is 4.94. The number of aromatic nitrogens is 2. The molecule has 31 heavy (non-hydrogen) atoms. The second kappa shape index (κ2) is 8.38. The van der Waals surface area contributed by atoms with E-state index in [4.69, 9.17) is 5.73 Å². The minimum atomic E-state index is -4.86. The standard InChI is InChI=1S/C20H17F3N4O4/c1-26(18(29)13-7-9-14(10-8-13)31-20(21,22)23)15-16(24)27(19(30)25-17(15)28)11-12-5-3-2-4-6-12/h2-10H,11,24H2,1H3,(H,25,28,30). The van der Waals surface area contributed by atoms with Crippen LogP contribution in [0.2, 0.25) is 0 Å². The predicted molar refractivity (Wildman–Crippen MR) is 107 cm³/mol. The number of hydrogen-bond donors (Lipinski definition) is 2. The fraction of sp³-hybridized carbons (Fsp3) is 0.150. The highest BCUT2D eigenvalue weighted by atomic mass is 19.4. The summed E-state index contributed by atoms with van der Waals surface area (Å²) >= 11 is 0. The number of H-pyrrole nitrogens is 1. The van der Waals surface area contributed by atoms with Crippen molar-refractivity contribution in [3.8, 4) is 5.75 Å². The van der Waals surface area contributed by atoms with Crippen LogP contribution in [0.15, 0.2) is 64.2 Å². The van der Waals surface area contributed by atoms with Gasteiger partial charge in [0.2, 0.25) is 0 Å². The Labute approximate surface area is 173 Å². The van der Waals surface area contributed by atoms with Crippen LogP contribution in [0.25, 0.3) is 0 Å². The van der Waals surface area contributed by atoms with E-state index in [1.165, 1.54) is 7.05 Å². The van der Waals surface area contributed by atoms with E-state index in [1.54, 1.807) is 30.3 Å². The Hall–Kier alpha value is -4.02. The molecule has 0 aliphatic heterocycles. The third-order valence-electron chi connectivity index (χ3n) is 4.37. The fourth-order valence-corrected chi connectivity index (χ4v) is 2.92. The summed E-state index contributed by atoms with van der Waals surface area (Å²) in [5.74, 6) is -1.45. The van der Waals surface area contributed by atoms with Crippen molar-refractivity contribution in [1.29, 1.82) is 0 Å². The van der Waals surface area contributed by atoms with E-state index in [0.717, 1.165) is 39.3 Å². The Kier molecular flexibility index (Phi) is 5.86. The van der Waals surface area contributed by atoms with Gasteiger partial charge in [-0.15, -0.1) is 13.2 Å². The van der Waals surface area contributed by atoms with E-state index in [-0.39, 0.29) is 23.6 Å². The van der Waals surface area contributed by atoms with Gasteiger partial charge in [0.1, 0.15) is 11.6 Å². The Morgan fingerprint density at radius 2 is 1.71 bits per heavy atom. The molecular weight excluding hydrogens is 417 g/mol. The van der Waals surface area contributed by atoms with Crippen LogP contribution in [0.3, 0.4) is 0 Å².